The van der Waals surface area contributed by atoms with E-state index in [4.69, 9.17) is 9.72 Å². The highest BCUT2D eigenvalue weighted by Crippen LogP contribution is 2.40. The molecule has 10 nitrogen and oxygen atoms in total. The molecule has 5 heterocycles. The lowest BCUT2D eigenvalue weighted by atomic mass is 9.93. The zero-order chi connectivity index (χ0) is 28.4. The molecule has 3 aromatic rings. The number of hydrogen-bond acceptors (Lipinski definition) is 9. The van der Waals surface area contributed by atoms with Crippen molar-refractivity contribution in [1.29, 1.82) is 0 Å². The molecule has 2 fully saturated rings. The van der Waals surface area contributed by atoms with Crippen LogP contribution in [0.5, 0.6) is 5.88 Å². The standard InChI is InChI=1S/C30H39N7O3S/c1-30(2)17-20-7-6-15-31-24-10-5-11-27(32-24)41-35-29(39)22-12-13-25(33-28(22)36(30)18-20)37-16-14-26(34-37)40-19-23(38)21-8-3-4-9-21/h5,10-14,16,20-21,23,38H,3-4,6-9,15,17-19H2,1-2H3,(H,31,32)(H,35,39)/t20-,23?/m0/s1. The number of nitrogens with zero attached hydrogens (tertiary/aromatic N) is 5. The Morgan fingerprint density at radius 3 is 2.83 bits per heavy atom. The van der Waals surface area contributed by atoms with Crippen LogP contribution in [0.25, 0.3) is 5.82 Å². The molecule has 1 unspecified atom stereocenters. The highest BCUT2D eigenvalue weighted by atomic mass is 32.2. The third-order valence-corrected chi connectivity index (χ3v) is 9.26. The monoisotopic (exact) mass is 577 g/mol. The van der Waals surface area contributed by atoms with Crippen molar-refractivity contribution in [2.24, 2.45) is 11.8 Å². The number of rotatable bonds is 5. The largest absolute Gasteiger partial charge is 0.474 e. The van der Waals surface area contributed by atoms with Crippen molar-refractivity contribution in [2.45, 2.75) is 75.5 Å². The van der Waals surface area contributed by atoms with Gasteiger partial charge in [-0.05, 0) is 82.1 Å². The van der Waals surface area contributed by atoms with E-state index in [9.17, 15) is 9.90 Å². The summed E-state index contributed by atoms with van der Waals surface area (Å²) in [5.41, 5.74) is 0.353. The number of fused-ring (bicyclic) bond motifs is 6. The Kier molecular flexibility index (Phi) is 8.07. The Labute approximate surface area is 245 Å². The van der Waals surface area contributed by atoms with Crippen molar-refractivity contribution in [3.05, 3.63) is 48.2 Å². The summed E-state index contributed by atoms with van der Waals surface area (Å²) in [6, 6.07) is 11.2. The van der Waals surface area contributed by atoms with E-state index in [-0.39, 0.29) is 18.1 Å². The van der Waals surface area contributed by atoms with Crippen LogP contribution in [0.15, 0.2) is 47.6 Å². The number of aromatic nitrogens is 4. The predicted octanol–water partition coefficient (Wildman–Crippen LogP) is 4.84. The SMILES string of the molecule is CC1(C)C[C@@H]2CCCNc3cccc(n3)SNC(=O)c3ccc(-n4ccc(OCC(O)C5CCCC5)n4)nc3N1C2. The van der Waals surface area contributed by atoms with Gasteiger partial charge in [0.25, 0.3) is 5.91 Å². The van der Waals surface area contributed by atoms with Crippen LogP contribution in [0.4, 0.5) is 11.6 Å². The molecular formula is C30H39N7O3S. The summed E-state index contributed by atoms with van der Waals surface area (Å²) in [5, 5.41) is 19.2. The Morgan fingerprint density at radius 2 is 1.98 bits per heavy atom. The number of aliphatic hydroxyl groups excluding tert-OH is 1. The molecule has 2 atom stereocenters. The number of hydrogen-bond donors (Lipinski definition) is 3. The molecule has 3 N–H and O–H groups in total. The average Bonchev–Trinajstić information content (AvgIpc) is 3.73. The molecule has 0 radical (unpaired) electrons. The van der Waals surface area contributed by atoms with Crippen molar-refractivity contribution in [1.82, 2.24) is 24.5 Å². The van der Waals surface area contributed by atoms with Gasteiger partial charge in [-0.3, -0.25) is 9.52 Å². The molecule has 1 aliphatic carbocycles. The Balaban J connectivity index is 1.27. The number of aliphatic hydroxyl groups is 1. The summed E-state index contributed by atoms with van der Waals surface area (Å²) in [6.07, 6.45) is 8.91. The molecule has 1 saturated carbocycles. The minimum absolute atomic E-state index is 0.163. The van der Waals surface area contributed by atoms with E-state index >= 15 is 0 Å². The molecule has 41 heavy (non-hydrogen) atoms. The molecule has 0 aromatic carbocycles. The molecule has 1 amide bonds. The van der Waals surface area contributed by atoms with E-state index < -0.39 is 6.10 Å². The second-order valence-electron chi connectivity index (χ2n) is 12.0. The third kappa shape index (κ3) is 6.30. The second-order valence-corrected chi connectivity index (χ2v) is 12.8. The fraction of sp³-hybridized carbons (Fsp3) is 0.533. The summed E-state index contributed by atoms with van der Waals surface area (Å²) < 4.78 is 10.5. The maximum atomic E-state index is 13.5. The lowest BCUT2D eigenvalue weighted by molar-refractivity contribution is 0.0574. The quantitative estimate of drug-likeness (QED) is 0.366. The van der Waals surface area contributed by atoms with Crippen LogP contribution >= 0.6 is 11.9 Å². The van der Waals surface area contributed by atoms with Crippen molar-refractivity contribution in [2.75, 3.05) is 29.9 Å². The fourth-order valence-electron chi connectivity index (χ4n) is 6.39. The number of nitrogens with one attached hydrogen (secondary N) is 2. The van der Waals surface area contributed by atoms with Gasteiger partial charge in [0.1, 0.15) is 23.3 Å². The number of ether oxygens (including phenoxy) is 1. The van der Waals surface area contributed by atoms with E-state index in [2.05, 4.69) is 38.9 Å². The van der Waals surface area contributed by atoms with E-state index in [1.807, 2.05) is 30.3 Å². The number of anilines is 2. The second kappa shape index (κ2) is 11.9. The van der Waals surface area contributed by atoms with Crippen LogP contribution < -0.4 is 19.7 Å². The summed E-state index contributed by atoms with van der Waals surface area (Å²) in [6.45, 7) is 6.36. The van der Waals surface area contributed by atoms with Gasteiger partial charge >= 0.3 is 0 Å². The molecule has 0 spiro atoms. The zero-order valence-corrected chi connectivity index (χ0v) is 24.6. The van der Waals surface area contributed by atoms with Crippen LogP contribution in [0.3, 0.4) is 0 Å². The van der Waals surface area contributed by atoms with Crippen LogP contribution in [-0.4, -0.2) is 62.1 Å². The van der Waals surface area contributed by atoms with Crippen LogP contribution in [0, 0.1) is 11.8 Å². The van der Waals surface area contributed by atoms with Crippen molar-refractivity contribution in [3.8, 4) is 11.7 Å². The van der Waals surface area contributed by atoms with Gasteiger partial charge in [0.15, 0.2) is 5.82 Å². The number of pyridine rings is 2. The summed E-state index contributed by atoms with van der Waals surface area (Å²) >= 11 is 1.20. The average molecular weight is 578 g/mol. The summed E-state index contributed by atoms with van der Waals surface area (Å²) in [5.74, 6) is 3.09. The van der Waals surface area contributed by atoms with E-state index in [1.165, 1.54) is 24.8 Å². The van der Waals surface area contributed by atoms with Gasteiger partial charge in [-0.1, -0.05) is 18.9 Å². The van der Waals surface area contributed by atoms with Gasteiger partial charge in [-0.25, -0.2) is 14.6 Å². The van der Waals surface area contributed by atoms with Crippen molar-refractivity contribution < 1.29 is 14.6 Å². The fourth-order valence-corrected chi connectivity index (χ4v) is 6.99. The number of carbonyl (C=O) groups is 1. The number of carbonyl (C=O) groups excluding carboxylic acids is 1. The zero-order valence-electron chi connectivity index (χ0n) is 23.8. The smallest absolute Gasteiger partial charge is 0.265 e. The van der Waals surface area contributed by atoms with Gasteiger partial charge in [0.2, 0.25) is 5.88 Å². The van der Waals surface area contributed by atoms with Crippen LogP contribution in [0.1, 0.15) is 69.2 Å². The van der Waals surface area contributed by atoms with E-state index in [0.717, 1.165) is 51.0 Å². The van der Waals surface area contributed by atoms with E-state index in [1.54, 1.807) is 16.9 Å². The molecule has 11 heteroatoms. The molecule has 1 saturated heterocycles. The summed E-state index contributed by atoms with van der Waals surface area (Å²) in [4.78, 5) is 25.4. The molecule has 6 rings (SSSR count). The highest BCUT2D eigenvalue weighted by Gasteiger charge is 2.40. The van der Waals surface area contributed by atoms with Crippen molar-refractivity contribution in [3.63, 3.8) is 0 Å². The molecule has 3 aromatic heterocycles. The van der Waals surface area contributed by atoms with Crippen LogP contribution in [0.2, 0.25) is 0 Å². The first-order valence-corrected chi connectivity index (χ1v) is 15.5. The predicted molar refractivity (Wildman–Crippen MR) is 160 cm³/mol. The van der Waals surface area contributed by atoms with Gasteiger partial charge in [-0.15, -0.1) is 5.10 Å². The maximum Gasteiger partial charge on any atom is 0.265 e. The highest BCUT2D eigenvalue weighted by molar-refractivity contribution is 7.97. The summed E-state index contributed by atoms with van der Waals surface area (Å²) in [7, 11) is 0. The lowest BCUT2D eigenvalue weighted by Gasteiger charge is -2.34. The minimum atomic E-state index is -0.480. The molecule has 218 valence electrons. The number of amides is 1. The first-order valence-electron chi connectivity index (χ1n) is 14.7. The van der Waals surface area contributed by atoms with E-state index in [0.29, 0.717) is 39.9 Å². The third-order valence-electron chi connectivity index (χ3n) is 8.53. The Bertz CT molecular complexity index is 1370. The lowest BCUT2D eigenvalue weighted by Crippen LogP contribution is -2.40. The first-order chi connectivity index (χ1) is 19.9. The molecular weight excluding hydrogens is 538 g/mol. The molecule has 2 aliphatic heterocycles. The molecule has 4 bridgehead atoms. The van der Waals surface area contributed by atoms with Crippen LogP contribution in [-0.2, 0) is 0 Å². The van der Waals surface area contributed by atoms with Crippen molar-refractivity contribution >= 4 is 29.5 Å². The molecule has 3 aliphatic rings. The first kappa shape index (κ1) is 27.8. The normalized spacial score (nSPS) is 21.8. The van der Waals surface area contributed by atoms with Gasteiger partial charge in [-0.2, -0.15) is 0 Å². The maximum absolute atomic E-state index is 13.5. The van der Waals surface area contributed by atoms with Gasteiger partial charge in [0, 0.05) is 42.8 Å². The topological polar surface area (TPSA) is 117 Å². The van der Waals surface area contributed by atoms with Gasteiger partial charge in [0.05, 0.1) is 11.7 Å². The Hall–Kier alpha value is -3.31. The van der Waals surface area contributed by atoms with Gasteiger partial charge < -0.3 is 20.1 Å². The Morgan fingerprint density at radius 1 is 1.12 bits per heavy atom. The minimum Gasteiger partial charge on any atom is -0.474 e.